The molecule has 0 aliphatic heterocycles. The zero-order valence-electron chi connectivity index (χ0n) is 49.1. The number of esters is 3. The summed E-state index contributed by atoms with van der Waals surface area (Å²) in [5.41, 5.74) is 0. The molecule has 6 nitrogen and oxygen atoms in total. The van der Waals surface area contributed by atoms with Crippen LogP contribution in [-0.4, -0.2) is 37.2 Å². The van der Waals surface area contributed by atoms with Gasteiger partial charge in [0.2, 0.25) is 0 Å². The number of carbonyl (C=O) groups is 3. The highest BCUT2D eigenvalue weighted by atomic mass is 16.6. The average molecular weight is 1060 g/mol. The molecule has 0 amide bonds. The van der Waals surface area contributed by atoms with Crippen LogP contribution in [0.5, 0.6) is 0 Å². The Labute approximate surface area is 472 Å². The highest BCUT2D eigenvalue weighted by Crippen LogP contribution is 2.13. The Hall–Kier alpha value is -5.23. The van der Waals surface area contributed by atoms with Gasteiger partial charge in [-0.15, -0.1) is 0 Å². The largest absolute Gasteiger partial charge is 0.462 e. The van der Waals surface area contributed by atoms with Crippen molar-refractivity contribution in [1.29, 1.82) is 0 Å². The lowest BCUT2D eigenvalue weighted by Crippen LogP contribution is -2.30. The van der Waals surface area contributed by atoms with Crippen molar-refractivity contribution in [1.82, 2.24) is 0 Å². The molecule has 77 heavy (non-hydrogen) atoms. The summed E-state index contributed by atoms with van der Waals surface area (Å²) in [4.78, 5) is 38.1. The number of carbonyl (C=O) groups excluding carboxylic acids is 3. The fraction of sp³-hybridized carbons (Fsp3) is 0.563. The highest BCUT2D eigenvalue weighted by Gasteiger charge is 2.19. The molecular formula is C71H110O6. The molecule has 0 heterocycles. The molecule has 0 radical (unpaired) electrons. The van der Waals surface area contributed by atoms with Crippen molar-refractivity contribution in [3.63, 3.8) is 0 Å². The fourth-order valence-corrected chi connectivity index (χ4v) is 7.69. The smallest absolute Gasteiger partial charge is 0.306 e. The average Bonchev–Trinajstić information content (AvgIpc) is 3.43. The van der Waals surface area contributed by atoms with Gasteiger partial charge in [0, 0.05) is 19.3 Å². The van der Waals surface area contributed by atoms with Crippen LogP contribution in [0.2, 0.25) is 0 Å². The Bertz CT molecular complexity index is 1790. The molecule has 0 bridgehead atoms. The lowest BCUT2D eigenvalue weighted by atomic mass is 10.1. The van der Waals surface area contributed by atoms with Gasteiger partial charge in [-0.1, -0.05) is 255 Å². The molecule has 0 saturated carbocycles. The molecule has 0 aliphatic carbocycles. The van der Waals surface area contributed by atoms with Crippen LogP contribution in [0.4, 0.5) is 0 Å². The first-order valence-electron chi connectivity index (χ1n) is 30.6. The van der Waals surface area contributed by atoms with E-state index in [-0.39, 0.29) is 44.0 Å². The summed E-state index contributed by atoms with van der Waals surface area (Å²) in [7, 11) is 0. The van der Waals surface area contributed by atoms with Gasteiger partial charge in [-0.05, 0) is 135 Å². The maximum atomic E-state index is 12.9. The zero-order valence-corrected chi connectivity index (χ0v) is 49.1. The molecule has 0 rings (SSSR count). The molecule has 0 aliphatic rings. The van der Waals surface area contributed by atoms with E-state index in [0.717, 1.165) is 154 Å². The van der Waals surface area contributed by atoms with E-state index in [1.165, 1.54) is 38.5 Å². The van der Waals surface area contributed by atoms with E-state index in [0.29, 0.717) is 12.8 Å². The van der Waals surface area contributed by atoms with Crippen molar-refractivity contribution in [2.75, 3.05) is 13.2 Å². The topological polar surface area (TPSA) is 78.9 Å². The molecule has 0 aromatic carbocycles. The van der Waals surface area contributed by atoms with Crippen LogP contribution in [0.15, 0.2) is 170 Å². The van der Waals surface area contributed by atoms with Crippen molar-refractivity contribution >= 4 is 17.9 Å². The molecule has 1 unspecified atom stereocenters. The van der Waals surface area contributed by atoms with Crippen molar-refractivity contribution in [3.05, 3.63) is 170 Å². The Morgan fingerprint density at radius 1 is 0.273 bits per heavy atom. The van der Waals surface area contributed by atoms with Gasteiger partial charge in [-0.3, -0.25) is 14.4 Å². The van der Waals surface area contributed by atoms with E-state index < -0.39 is 6.10 Å². The number of hydrogen-bond donors (Lipinski definition) is 0. The van der Waals surface area contributed by atoms with Crippen LogP contribution >= 0.6 is 0 Å². The SMILES string of the molecule is CC/C=C\C/C=C\C/C=C\C/C=C\C/C=C\C/C=C\C/C=C\C/C=C\CCCCC(=O)OCC(COC(=O)CCCCCCCCCCC)OC(=O)CCCCCC/C=C\C/C=C\C/C=C\C/C=C\C/C=C\C/C=C\CC. The third-order valence-electron chi connectivity index (χ3n) is 12.2. The van der Waals surface area contributed by atoms with Crippen LogP contribution < -0.4 is 0 Å². The Balaban J connectivity index is 4.43. The molecule has 430 valence electrons. The molecule has 0 fully saturated rings. The molecule has 0 N–H and O–H groups in total. The minimum Gasteiger partial charge on any atom is -0.462 e. The summed E-state index contributed by atoms with van der Waals surface area (Å²) in [5.74, 6) is -0.991. The fourth-order valence-electron chi connectivity index (χ4n) is 7.69. The summed E-state index contributed by atoms with van der Waals surface area (Å²) in [5, 5.41) is 0. The van der Waals surface area contributed by atoms with Gasteiger partial charge in [0.05, 0.1) is 0 Å². The number of allylic oxidation sites excluding steroid dienone is 28. The van der Waals surface area contributed by atoms with Gasteiger partial charge in [-0.2, -0.15) is 0 Å². The minimum absolute atomic E-state index is 0.109. The van der Waals surface area contributed by atoms with Crippen LogP contribution in [0.3, 0.4) is 0 Å². The van der Waals surface area contributed by atoms with E-state index >= 15 is 0 Å². The summed E-state index contributed by atoms with van der Waals surface area (Å²) in [6.45, 7) is 6.32. The Morgan fingerprint density at radius 2 is 0.506 bits per heavy atom. The lowest BCUT2D eigenvalue weighted by molar-refractivity contribution is -0.167. The third-order valence-corrected chi connectivity index (χ3v) is 12.2. The maximum absolute atomic E-state index is 12.9. The van der Waals surface area contributed by atoms with E-state index in [4.69, 9.17) is 14.2 Å². The second kappa shape index (κ2) is 63.3. The van der Waals surface area contributed by atoms with E-state index in [2.05, 4.69) is 191 Å². The normalized spacial score (nSPS) is 13.3. The second-order valence-corrected chi connectivity index (χ2v) is 19.5. The molecule has 1 atom stereocenters. The molecule has 0 spiro atoms. The van der Waals surface area contributed by atoms with E-state index in [1.54, 1.807) is 0 Å². The van der Waals surface area contributed by atoms with Gasteiger partial charge < -0.3 is 14.2 Å². The van der Waals surface area contributed by atoms with Crippen molar-refractivity contribution in [2.24, 2.45) is 0 Å². The van der Waals surface area contributed by atoms with Gasteiger partial charge in [0.25, 0.3) is 0 Å². The monoisotopic (exact) mass is 1060 g/mol. The van der Waals surface area contributed by atoms with Crippen molar-refractivity contribution in [3.8, 4) is 0 Å². The lowest BCUT2D eigenvalue weighted by Gasteiger charge is -2.18. The Kier molecular flexibility index (Phi) is 59.0. The molecule has 0 aromatic heterocycles. The van der Waals surface area contributed by atoms with Gasteiger partial charge in [-0.25, -0.2) is 0 Å². The number of unbranched alkanes of at least 4 members (excludes halogenated alkanes) is 14. The molecule has 0 aromatic rings. The van der Waals surface area contributed by atoms with Crippen molar-refractivity contribution in [2.45, 2.75) is 245 Å². The molecule has 0 saturated heterocycles. The van der Waals surface area contributed by atoms with Crippen LogP contribution in [0, 0.1) is 0 Å². The predicted molar refractivity (Wildman–Crippen MR) is 334 cm³/mol. The van der Waals surface area contributed by atoms with Gasteiger partial charge in [0.15, 0.2) is 6.10 Å². The van der Waals surface area contributed by atoms with Crippen molar-refractivity contribution < 1.29 is 28.6 Å². The first kappa shape index (κ1) is 71.8. The predicted octanol–water partition coefficient (Wildman–Crippen LogP) is 21.1. The molecular weight excluding hydrogens is 949 g/mol. The number of ether oxygens (including phenoxy) is 3. The first-order valence-corrected chi connectivity index (χ1v) is 30.6. The quantitative estimate of drug-likeness (QED) is 0.0261. The summed E-state index contributed by atoms with van der Waals surface area (Å²) < 4.78 is 16.8. The van der Waals surface area contributed by atoms with E-state index in [1.807, 2.05) is 0 Å². The minimum atomic E-state index is -0.818. The van der Waals surface area contributed by atoms with Crippen LogP contribution in [0.1, 0.15) is 239 Å². The second-order valence-electron chi connectivity index (χ2n) is 19.5. The molecule has 6 heteroatoms. The van der Waals surface area contributed by atoms with Gasteiger partial charge >= 0.3 is 17.9 Å². The van der Waals surface area contributed by atoms with Crippen LogP contribution in [-0.2, 0) is 28.6 Å². The number of hydrogen-bond acceptors (Lipinski definition) is 6. The summed E-state index contributed by atoms with van der Waals surface area (Å²) >= 11 is 0. The maximum Gasteiger partial charge on any atom is 0.306 e. The third kappa shape index (κ3) is 61.5. The Morgan fingerprint density at radius 3 is 0.818 bits per heavy atom. The zero-order chi connectivity index (χ0) is 55.7. The highest BCUT2D eigenvalue weighted by molar-refractivity contribution is 5.71. The summed E-state index contributed by atoms with van der Waals surface area (Å²) in [6, 6.07) is 0. The first-order chi connectivity index (χ1) is 38.0. The standard InChI is InChI=1S/C71H110O6/c1-4-7-10-13-16-19-21-23-25-27-29-31-33-34-35-36-38-39-41-43-45-47-49-52-55-58-61-64-70(73)76-67-68(66-75-69(72)63-60-57-54-51-18-15-12-9-6-3)77-71(74)65-62-59-56-53-50-48-46-44-42-40-37-32-30-28-26-24-22-20-17-14-11-8-5-2/h7-8,10-11,16-17,19-20,23-26,29-32,34-35,38-40,42-43,45-46,48-49,52,68H,4-6,9,12-15,18,21-22,27-28,33,36-37,41,44,47,50-51,53-67H2,1-3H3/b10-7-,11-8-,19-16-,20-17-,25-23-,26-24-,31-29-,32-30-,35-34-,39-38-,42-40-,45-43-,48-46-,52-49-. The number of rotatable bonds is 53. The van der Waals surface area contributed by atoms with E-state index in [9.17, 15) is 14.4 Å². The van der Waals surface area contributed by atoms with Crippen LogP contribution in [0.25, 0.3) is 0 Å². The summed E-state index contributed by atoms with van der Waals surface area (Å²) in [6.07, 6.45) is 93.6. The van der Waals surface area contributed by atoms with Gasteiger partial charge in [0.1, 0.15) is 13.2 Å².